The second-order valence-electron chi connectivity index (χ2n) is 4.38. The summed E-state index contributed by atoms with van der Waals surface area (Å²) in [6.45, 7) is 0. The Labute approximate surface area is 149 Å². The topological polar surface area (TPSA) is 44.5 Å². The molecule has 1 unspecified atom stereocenters. The number of benzene rings is 2. The molecule has 0 saturated heterocycles. The molecule has 3 nitrogen and oxygen atoms in total. The van der Waals surface area contributed by atoms with Gasteiger partial charge in [0.15, 0.2) is 0 Å². The summed E-state index contributed by atoms with van der Waals surface area (Å²) in [6.07, 6.45) is 0. The van der Waals surface area contributed by atoms with Crippen molar-refractivity contribution in [3.63, 3.8) is 0 Å². The number of rotatable bonds is 4. The van der Waals surface area contributed by atoms with E-state index in [0.29, 0.717) is 11.5 Å². The Kier molecular flexibility index (Phi) is 5.71. The van der Waals surface area contributed by atoms with E-state index in [9.17, 15) is 0 Å². The molecule has 0 saturated carbocycles. The molecule has 0 bridgehead atoms. The zero-order valence-corrected chi connectivity index (χ0v) is 16.2. The van der Waals surface area contributed by atoms with Gasteiger partial charge >= 0.3 is 0 Å². The van der Waals surface area contributed by atoms with Crippen molar-refractivity contribution in [2.75, 3.05) is 14.2 Å². The lowest BCUT2D eigenvalue weighted by Gasteiger charge is -2.19. The van der Waals surface area contributed by atoms with Gasteiger partial charge in [0.05, 0.1) is 20.3 Å². The van der Waals surface area contributed by atoms with Crippen LogP contribution in [0.3, 0.4) is 0 Å². The molecule has 0 radical (unpaired) electrons. The fraction of sp³-hybridized carbons (Fsp3) is 0.200. The van der Waals surface area contributed by atoms with Crippen molar-refractivity contribution in [1.29, 1.82) is 0 Å². The highest BCUT2D eigenvalue weighted by Gasteiger charge is 2.19. The minimum atomic E-state index is -0.309. The molecule has 0 aliphatic heterocycles. The highest BCUT2D eigenvalue weighted by Crippen LogP contribution is 2.41. The standard InChI is InChI=1S/C15H14Br3NO2/c1-20-12-4-3-11(15(21-2)13(12)18)14(19)8-5-9(16)7-10(17)6-8/h3-7,14H,19H2,1-2H3. The van der Waals surface area contributed by atoms with Crippen LogP contribution in [-0.4, -0.2) is 14.2 Å². The molecule has 0 heterocycles. The average molecular weight is 480 g/mol. The number of hydrogen-bond donors (Lipinski definition) is 1. The van der Waals surface area contributed by atoms with Gasteiger partial charge in [-0.2, -0.15) is 0 Å². The largest absolute Gasteiger partial charge is 0.495 e. The van der Waals surface area contributed by atoms with E-state index in [2.05, 4.69) is 47.8 Å². The molecule has 0 spiro atoms. The fourth-order valence-corrected chi connectivity index (χ4v) is 4.11. The number of halogens is 3. The minimum Gasteiger partial charge on any atom is -0.495 e. The smallest absolute Gasteiger partial charge is 0.141 e. The van der Waals surface area contributed by atoms with Gasteiger partial charge in [-0.3, -0.25) is 0 Å². The molecule has 2 N–H and O–H groups in total. The first-order valence-electron chi connectivity index (χ1n) is 6.10. The summed E-state index contributed by atoms with van der Waals surface area (Å²) in [5, 5.41) is 0. The predicted octanol–water partition coefficient (Wildman–Crippen LogP) is 5.04. The van der Waals surface area contributed by atoms with Crippen LogP contribution in [0.15, 0.2) is 43.7 Å². The molecule has 0 aliphatic carbocycles. The molecule has 112 valence electrons. The molecule has 0 aliphatic rings. The minimum absolute atomic E-state index is 0.309. The van der Waals surface area contributed by atoms with Gasteiger partial charge in [0.25, 0.3) is 0 Å². The van der Waals surface area contributed by atoms with Crippen LogP contribution in [0.4, 0.5) is 0 Å². The normalized spacial score (nSPS) is 12.1. The quantitative estimate of drug-likeness (QED) is 0.668. The van der Waals surface area contributed by atoms with Crippen LogP contribution in [0.5, 0.6) is 11.5 Å². The molecular weight excluding hydrogens is 466 g/mol. The van der Waals surface area contributed by atoms with E-state index in [1.807, 2.05) is 30.3 Å². The lowest BCUT2D eigenvalue weighted by Crippen LogP contribution is -2.13. The third kappa shape index (κ3) is 3.62. The average Bonchev–Trinajstić information content (AvgIpc) is 2.45. The summed E-state index contributed by atoms with van der Waals surface area (Å²) >= 11 is 10.5. The summed E-state index contributed by atoms with van der Waals surface area (Å²) in [4.78, 5) is 0. The van der Waals surface area contributed by atoms with Crippen molar-refractivity contribution in [3.8, 4) is 11.5 Å². The second kappa shape index (κ2) is 7.13. The molecule has 0 amide bonds. The Morgan fingerprint density at radius 1 is 0.952 bits per heavy atom. The Hall–Kier alpha value is -0.560. The van der Waals surface area contributed by atoms with Crippen molar-refractivity contribution in [2.24, 2.45) is 5.73 Å². The molecule has 0 fully saturated rings. The lowest BCUT2D eigenvalue weighted by molar-refractivity contribution is 0.385. The number of hydrogen-bond acceptors (Lipinski definition) is 3. The maximum absolute atomic E-state index is 6.41. The first kappa shape index (κ1) is 16.8. The van der Waals surface area contributed by atoms with Gasteiger partial charge in [-0.15, -0.1) is 0 Å². The Morgan fingerprint density at radius 3 is 2.10 bits per heavy atom. The first-order valence-corrected chi connectivity index (χ1v) is 8.47. The summed E-state index contributed by atoms with van der Waals surface area (Å²) in [7, 11) is 3.23. The monoisotopic (exact) mass is 477 g/mol. The van der Waals surface area contributed by atoms with Crippen molar-refractivity contribution >= 4 is 47.8 Å². The molecule has 6 heteroatoms. The van der Waals surface area contributed by atoms with E-state index < -0.39 is 0 Å². The third-order valence-electron chi connectivity index (χ3n) is 3.10. The van der Waals surface area contributed by atoms with Crippen LogP contribution in [0.25, 0.3) is 0 Å². The molecule has 2 rings (SSSR count). The van der Waals surface area contributed by atoms with Gasteiger partial charge in [-0.1, -0.05) is 31.9 Å². The molecule has 21 heavy (non-hydrogen) atoms. The number of ether oxygens (including phenoxy) is 2. The maximum atomic E-state index is 6.41. The number of methoxy groups -OCH3 is 2. The van der Waals surface area contributed by atoms with E-state index in [1.54, 1.807) is 14.2 Å². The maximum Gasteiger partial charge on any atom is 0.141 e. The fourth-order valence-electron chi connectivity index (χ4n) is 2.10. The van der Waals surface area contributed by atoms with Crippen molar-refractivity contribution in [1.82, 2.24) is 0 Å². The van der Waals surface area contributed by atoms with E-state index in [-0.39, 0.29) is 6.04 Å². The van der Waals surface area contributed by atoms with Crippen LogP contribution in [0.1, 0.15) is 17.2 Å². The van der Waals surface area contributed by atoms with E-state index in [0.717, 1.165) is 24.5 Å². The van der Waals surface area contributed by atoms with Crippen LogP contribution < -0.4 is 15.2 Å². The second-order valence-corrected chi connectivity index (χ2v) is 7.01. The van der Waals surface area contributed by atoms with Crippen molar-refractivity contribution in [2.45, 2.75) is 6.04 Å². The Bertz CT molecular complexity index is 641. The third-order valence-corrected chi connectivity index (χ3v) is 4.76. The highest BCUT2D eigenvalue weighted by molar-refractivity contribution is 9.11. The molecular formula is C15H14Br3NO2. The first-order chi connectivity index (χ1) is 9.97. The van der Waals surface area contributed by atoms with Crippen LogP contribution in [-0.2, 0) is 0 Å². The van der Waals surface area contributed by atoms with Crippen LogP contribution in [0, 0.1) is 0 Å². The van der Waals surface area contributed by atoms with Crippen LogP contribution >= 0.6 is 47.8 Å². The number of nitrogens with two attached hydrogens (primary N) is 1. The van der Waals surface area contributed by atoms with Crippen molar-refractivity contribution < 1.29 is 9.47 Å². The van der Waals surface area contributed by atoms with Gasteiger partial charge in [0.2, 0.25) is 0 Å². The van der Waals surface area contributed by atoms with Gasteiger partial charge < -0.3 is 15.2 Å². The van der Waals surface area contributed by atoms with Gasteiger partial charge in [0, 0.05) is 14.5 Å². The SMILES string of the molecule is COc1ccc(C(N)c2cc(Br)cc(Br)c2)c(OC)c1Br. The van der Waals surface area contributed by atoms with Crippen molar-refractivity contribution in [3.05, 3.63) is 54.9 Å². The zero-order valence-electron chi connectivity index (χ0n) is 11.5. The van der Waals surface area contributed by atoms with E-state index in [1.165, 1.54) is 0 Å². The van der Waals surface area contributed by atoms with E-state index >= 15 is 0 Å². The van der Waals surface area contributed by atoms with Gasteiger partial charge in [-0.25, -0.2) is 0 Å². The van der Waals surface area contributed by atoms with Crippen LogP contribution in [0.2, 0.25) is 0 Å². The Balaban J connectivity index is 2.52. The Morgan fingerprint density at radius 2 is 1.57 bits per heavy atom. The highest BCUT2D eigenvalue weighted by atomic mass is 79.9. The summed E-state index contributed by atoms with van der Waals surface area (Å²) in [5.41, 5.74) is 8.27. The summed E-state index contributed by atoms with van der Waals surface area (Å²) in [5.74, 6) is 1.39. The zero-order chi connectivity index (χ0) is 15.6. The van der Waals surface area contributed by atoms with Gasteiger partial charge in [0.1, 0.15) is 16.0 Å². The van der Waals surface area contributed by atoms with E-state index in [4.69, 9.17) is 15.2 Å². The molecule has 1 atom stereocenters. The lowest BCUT2D eigenvalue weighted by atomic mass is 9.98. The van der Waals surface area contributed by atoms with Gasteiger partial charge in [-0.05, 0) is 51.8 Å². The molecule has 2 aromatic rings. The molecule has 0 aromatic heterocycles. The predicted molar refractivity (Wildman–Crippen MR) is 95.1 cm³/mol. The summed E-state index contributed by atoms with van der Waals surface area (Å²) < 4.78 is 13.5. The molecule has 2 aromatic carbocycles. The summed E-state index contributed by atoms with van der Waals surface area (Å²) in [6, 6.07) is 9.43.